The molecule has 1 aliphatic heterocycles. The summed E-state index contributed by atoms with van der Waals surface area (Å²) < 4.78 is 7.03. The number of aliphatic hydroxyl groups is 3. The number of nitrogen functional groups attached to an aromatic ring is 1. The molecule has 1 saturated heterocycles. The number of anilines is 2. The molecule has 0 aliphatic carbocycles. The zero-order valence-corrected chi connectivity index (χ0v) is 18.1. The summed E-state index contributed by atoms with van der Waals surface area (Å²) in [6.45, 7) is 4.00. The van der Waals surface area contributed by atoms with Crippen molar-refractivity contribution in [1.82, 2.24) is 19.5 Å². The third-order valence-corrected chi connectivity index (χ3v) is 5.59. The number of hydrogen-bond acceptors (Lipinski definition) is 10. The first-order chi connectivity index (χ1) is 15.0. The number of hydrogen-bond donors (Lipinski definition) is 5. The van der Waals surface area contributed by atoms with Crippen LogP contribution in [0.4, 0.5) is 11.8 Å². The largest absolute Gasteiger partial charge is 0.394 e. The van der Waals surface area contributed by atoms with Crippen molar-refractivity contribution in [3.05, 3.63) is 6.33 Å². The van der Waals surface area contributed by atoms with Gasteiger partial charge in [-0.3, -0.25) is 4.57 Å². The molecule has 0 radical (unpaired) electrons. The Balaban J connectivity index is 1.70. The summed E-state index contributed by atoms with van der Waals surface area (Å²) >= 11 is 0. The van der Waals surface area contributed by atoms with Crippen molar-refractivity contribution in [1.29, 1.82) is 0 Å². The van der Waals surface area contributed by atoms with Crippen molar-refractivity contribution >= 4 is 29.1 Å². The van der Waals surface area contributed by atoms with Gasteiger partial charge in [-0.1, -0.05) is 39.5 Å². The maximum atomic E-state index is 10.3. The van der Waals surface area contributed by atoms with E-state index in [2.05, 4.69) is 39.3 Å². The van der Waals surface area contributed by atoms with E-state index in [1.165, 1.54) is 36.6 Å². The summed E-state index contributed by atoms with van der Waals surface area (Å²) in [6.07, 6.45) is 5.68. The topological polar surface area (TPSA) is 164 Å². The van der Waals surface area contributed by atoms with Crippen LogP contribution >= 0.6 is 0 Å². The molecule has 11 heteroatoms. The van der Waals surface area contributed by atoms with Gasteiger partial charge < -0.3 is 25.8 Å². The Morgan fingerprint density at radius 1 is 1.23 bits per heavy atom. The van der Waals surface area contributed by atoms with Gasteiger partial charge >= 0.3 is 0 Å². The fraction of sp³-hybridized carbons (Fsp3) is 0.700. The van der Waals surface area contributed by atoms with Crippen LogP contribution in [0.15, 0.2) is 11.4 Å². The van der Waals surface area contributed by atoms with Gasteiger partial charge in [0.25, 0.3) is 0 Å². The number of aromatic nitrogens is 4. The Morgan fingerprint density at radius 3 is 2.61 bits per heavy atom. The van der Waals surface area contributed by atoms with Crippen LogP contribution in [0.25, 0.3) is 11.2 Å². The molecule has 0 saturated carbocycles. The number of hydrazone groups is 1. The number of rotatable bonds is 11. The summed E-state index contributed by atoms with van der Waals surface area (Å²) in [7, 11) is 0. The Labute approximate surface area is 181 Å². The van der Waals surface area contributed by atoms with E-state index in [1.54, 1.807) is 0 Å². The molecule has 2 unspecified atom stereocenters. The molecular formula is C20H33N7O4. The van der Waals surface area contributed by atoms with E-state index in [0.717, 1.165) is 18.8 Å². The van der Waals surface area contributed by atoms with Crippen LogP contribution in [0.3, 0.4) is 0 Å². The van der Waals surface area contributed by atoms with Crippen molar-refractivity contribution in [3.8, 4) is 0 Å². The van der Waals surface area contributed by atoms with Gasteiger partial charge in [-0.2, -0.15) is 15.1 Å². The summed E-state index contributed by atoms with van der Waals surface area (Å²) in [6, 6.07) is 0. The predicted octanol–water partition coefficient (Wildman–Crippen LogP) is 1.41. The molecule has 1 fully saturated rings. The van der Waals surface area contributed by atoms with E-state index in [-0.39, 0.29) is 11.8 Å². The quantitative estimate of drug-likeness (QED) is 0.259. The second-order valence-corrected chi connectivity index (χ2v) is 7.93. The highest BCUT2D eigenvalue weighted by molar-refractivity contribution is 5.83. The molecule has 0 bridgehead atoms. The summed E-state index contributed by atoms with van der Waals surface area (Å²) in [5, 5.41) is 33.8. The molecular weight excluding hydrogens is 402 g/mol. The van der Waals surface area contributed by atoms with Gasteiger partial charge in [0.2, 0.25) is 5.95 Å². The zero-order valence-electron chi connectivity index (χ0n) is 18.1. The number of ether oxygens (including phenoxy) is 1. The van der Waals surface area contributed by atoms with Gasteiger partial charge in [0, 0.05) is 6.21 Å². The van der Waals surface area contributed by atoms with Crippen molar-refractivity contribution in [3.63, 3.8) is 0 Å². The third kappa shape index (κ3) is 5.29. The summed E-state index contributed by atoms with van der Waals surface area (Å²) in [4.78, 5) is 12.8. The Bertz CT molecular complexity index is 869. The Hall–Kier alpha value is -2.34. The lowest BCUT2D eigenvalue weighted by molar-refractivity contribution is -0.0511. The molecule has 0 aromatic carbocycles. The van der Waals surface area contributed by atoms with E-state index in [4.69, 9.17) is 10.5 Å². The minimum absolute atomic E-state index is 0.152. The second kappa shape index (κ2) is 10.8. The number of aliphatic hydroxyl groups excluding tert-OH is 3. The van der Waals surface area contributed by atoms with Gasteiger partial charge in [-0.25, -0.2) is 10.4 Å². The zero-order chi connectivity index (χ0) is 22.4. The smallest absolute Gasteiger partial charge is 0.247 e. The highest BCUT2D eigenvalue weighted by atomic mass is 16.6. The van der Waals surface area contributed by atoms with Crippen LogP contribution in [0.5, 0.6) is 0 Å². The average molecular weight is 436 g/mol. The van der Waals surface area contributed by atoms with Crippen LogP contribution in [-0.2, 0) is 4.74 Å². The lowest BCUT2D eigenvalue weighted by atomic mass is 9.94. The van der Waals surface area contributed by atoms with Crippen LogP contribution in [0, 0.1) is 5.92 Å². The molecule has 0 spiro atoms. The SMILES string of the molecule is CCCC(CCC)CCC=NNc1nc(N)c2ncn([C@@H]3O[C@H](CO)C(O)C3O)c2n1. The minimum Gasteiger partial charge on any atom is -0.394 e. The van der Waals surface area contributed by atoms with Crippen LogP contribution in [0.1, 0.15) is 58.6 Å². The molecule has 2 aromatic heterocycles. The first-order valence-electron chi connectivity index (χ1n) is 10.9. The monoisotopic (exact) mass is 435 g/mol. The summed E-state index contributed by atoms with van der Waals surface area (Å²) in [5.74, 6) is 1.06. The molecule has 3 rings (SSSR count). The molecule has 31 heavy (non-hydrogen) atoms. The van der Waals surface area contributed by atoms with Gasteiger partial charge in [-0.15, -0.1) is 0 Å². The molecule has 4 atom stereocenters. The fourth-order valence-electron chi connectivity index (χ4n) is 4.01. The van der Waals surface area contributed by atoms with Gasteiger partial charge in [-0.05, 0) is 18.8 Å². The first-order valence-corrected chi connectivity index (χ1v) is 10.9. The van der Waals surface area contributed by atoms with Gasteiger partial charge in [0.15, 0.2) is 17.7 Å². The normalized spacial score (nSPS) is 24.1. The molecule has 1 aliphatic rings. The van der Waals surface area contributed by atoms with E-state index in [1.807, 2.05) is 6.21 Å². The van der Waals surface area contributed by atoms with Gasteiger partial charge in [0.05, 0.1) is 12.9 Å². The maximum Gasteiger partial charge on any atom is 0.247 e. The standard InChI is InChI=1S/C20H33N7O4/c1-3-6-12(7-4-2)8-5-9-23-26-20-24-17(21)14-18(25-20)27(11-22-14)19-16(30)15(29)13(10-28)31-19/h9,11-13,15-16,19,28-30H,3-8,10H2,1-2H3,(H3,21,24,25,26)/t13-,15?,16?,19-/m1/s1. The third-order valence-electron chi connectivity index (χ3n) is 5.59. The van der Waals surface area contributed by atoms with E-state index >= 15 is 0 Å². The molecule has 2 aromatic rings. The first kappa shape index (κ1) is 23.3. The molecule has 6 N–H and O–H groups in total. The van der Waals surface area contributed by atoms with E-state index in [0.29, 0.717) is 11.2 Å². The predicted molar refractivity (Wildman–Crippen MR) is 117 cm³/mol. The number of fused-ring (bicyclic) bond motifs is 1. The second-order valence-electron chi connectivity index (χ2n) is 7.93. The number of nitrogens with two attached hydrogens (primary N) is 1. The maximum absolute atomic E-state index is 10.3. The number of nitrogens with zero attached hydrogens (tertiary/aromatic N) is 5. The number of nitrogens with one attached hydrogen (secondary N) is 1. The molecule has 11 nitrogen and oxygen atoms in total. The number of imidazole rings is 1. The van der Waals surface area contributed by atoms with Crippen LogP contribution in [-0.4, -0.2) is 66.0 Å². The molecule has 172 valence electrons. The molecule has 3 heterocycles. The average Bonchev–Trinajstić information content (AvgIpc) is 3.29. The van der Waals surface area contributed by atoms with E-state index in [9.17, 15) is 15.3 Å². The van der Waals surface area contributed by atoms with Crippen molar-refractivity contribution in [2.24, 2.45) is 11.0 Å². The van der Waals surface area contributed by atoms with Crippen LogP contribution < -0.4 is 11.2 Å². The van der Waals surface area contributed by atoms with Crippen molar-refractivity contribution in [2.45, 2.75) is 76.9 Å². The minimum atomic E-state index is -1.25. The Morgan fingerprint density at radius 2 is 1.97 bits per heavy atom. The summed E-state index contributed by atoms with van der Waals surface area (Å²) in [5.41, 5.74) is 9.47. The van der Waals surface area contributed by atoms with Crippen LogP contribution in [0.2, 0.25) is 0 Å². The van der Waals surface area contributed by atoms with E-state index < -0.39 is 31.1 Å². The fourth-order valence-corrected chi connectivity index (χ4v) is 4.01. The van der Waals surface area contributed by atoms with Crippen molar-refractivity contribution in [2.75, 3.05) is 17.8 Å². The highest BCUT2D eigenvalue weighted by Gasteiger charge is 2.44. The lowest BCUT2D eigenvalue weighted by Gasteiger charge is -2.16. The van der Waals surface area contributed by atoms with Crippen molar-refractivity contribution < 1.29 is 20.1 Å². The lowest BCUT2D eigenvalue weighted by Crippen LogP contribution is -2.33. The molecule has 0 amide bonds. The highest BCUT2D eigenvalue weighted by Crippen LogP contribution is 2.32. The Kier molecular flexibility index (Phi) is 8.13. The van der Waals surface area contributed by atoms with Gasteiger partial charge in [0.1, 0.15) is 23.8 Å².